The predicted octanol–water partition coefficient (Wildman–Crippen LogP) is 0.321. The van der Waals surface area contributed by atoms with Crippen LogP contribution in [0.3, 0.4) is 0 Å². The van der Waals surface area contributed by atoms with Gasteiger partial charge in [0.05, 0.1) is 5.69 Å². The number of aromatic nitrogens is 2. The summed E-state index contributed by atoms with van der Waals surface area (Å²) in [5.74, 6) is -0.277. The molecule has 2 N–H and O–H groups in total. The van der Waals surface area contributed by atoms with E-state index in [4.69, 9.17) is 5.73 Å². The van der Waals surface area contributed by atoms with E-state index in [1.54, 1.807) is 0 Å². The van der Waals surface area contributed by atoms with Crippen LogP contribution in [0.1, 0.15) is 19.0 Å². The van der Waals surface area contributed by atoms with Gasteiger partial charge in [-0.2, -0.15) is 5.10 Å². The zero-order valence-corrected chi connectivity index (χ0v) is 7.16. The molecule has 0 spiro atoms. The summed E-state index contributed by atoms with van der Waals surface area (Å²) < 4.78 is 1.83. The first-order valence-electron chi connectivity index (χ1n) is 4.03. The van der Waals surface area contributed by atoms with Crippen LogP contribution in [-0.4, -0.2) is 15.7 Å². The Morgan fingerprint density at radius 2 is 2.50 bits per heavy atom. The number of hydrogen-bond acceptors (Lipinski definition) is 2. The Hall–Kier alpha value is -1.32. The summed E-state index contributed by atoms with van der Waals surface area (Å²) >= 11 is 0. The van der Waals surface area contributed by atoms with Gasteiger partial charge in [-0.15, -0.1) is 0 Å². The minimum Gasteiger partial charge on any atom is -0.370 e. The van der Waals surface area contributed by atoms with Crippen molar-refractivity contribution in [1.29, 1.82) is 0 Å². The average molecular weight is 167 g/mol. The van der Waals surface area contributed by atoms with Crippen LogP contribution in [0.15, 0.2) is 12.3 Å². The van der Waals surface area contributed by atoms with Crippen molar-refractivity contribution in [3.8, 4) is 0 Å². The molecule has 12 heavy (non-hydrogen) atoms. The van der Waals surface area contributed by atoms with Crippen molar-refractivity contribution < 1.29 is 4.79 Å². The Bertz CT molecular complexity index is 267. The first-order chi connectivity index (χ1) is 5.72. The first-order valence-corrected chi connectivity index (χ1v) is 4.03. The predicted molar refractivity (Wildman–Crippen MR) is 45.4 cm³/mol. The third kappa shape index (κ3) is 2.38. The molecule has 1 aromatic heterocycles. The Balaban J connectivity index is 2.47. The van der Waals surface area contributed by atoms with E-state index in [0.29, 0.717) is 12.8 Å². The van der Waals surface area contributed by atoms with Gasteiger partial charge < -0.3 is 5.73 Å². The maximum absolute atomic E-state index is 10.4. The fraction of sp³-hybridized carbons (Fsp3) is 0.500. The third-order valence-electron chi connectivity index (χ3n) is 1.65. The summed E-state index contributed by atoms with van der Waals surface area (Å²) in [6.45, 7) is 2.88. The lowest BCUT2D eigenvalue weighted by atomic mass is 10.2. The Morgan fingerprint density at radius 1 is 1.75 bits per heavy atom. The highest BCUT2D eigenvalue weighted by Gasteiger charge is 1.99. The maximum Gasteiger partial charge on any atom is 0.217 e. The van der Waals surface area contributed by atoms with Gasteiger partial charge >= 0.3 is 0 Å². The molecule has 1 rings (SSSR count). The molecule has 4 nitrogen and oxygen atoms in total. The zero-order chi connectivity index (χ0) is 8.97. The van der Waals surface area contributed by atoms with Crippen LogP contribution in [0.5, 0.6) is 0 Å². The summed E-state index contributed by atoms with van der Waals surface area (Å²) in [6.07, 6.45) is 2.92. The van der Waals surface area contributed by atoms with E-state index >= 15 is 0 Å². The maximum atomic E-state index is 10.4. The monoisotopic (exact) mass is 167 g/mol. The fourth-order valence-electron chi connectivity index (χ4n) is 0.964. The van der Waals surface area contributed by atoms with Crippen molar-refractivity contribution in [2.45, 2.75) is 26.3 Å². The second-order valence-corrected chi connectivity index (χ2v) is 2.63. The summed E-state index contributed by atoms with van der Waals surface area (Å²) in [6, 6.07) is 1.91. The van der Waals surface area contributed by atoms with Crippen molar-refractivity contribution in [2.24, 2.45) is 5.73 Å². The molecule has 0 aliphatic rings. The molecule has 0 unspecified atom stereocenters. The van der Waals surface area contributed by atoms with Gasteiger partial charge in [0.2, 0.25) is 5.91 Å². The molecule has 0 aromatic carbocycles. The van der Waals surface area contributed by atoms with E-state index in [1.807, 2.05) is 23.9 Å². The Labute approximate surface area is 71.4 Å². The highest BCUT2D eigenvalue weighted by Crippen LogP contribution is 1.98. The lowest BCUT2D eigenvalue weighted by Gasteiger charge is -1.93. The van der Waals surface area contributed by atoms with E-state index in [1.165, 1.54) is 0 Å². The van der Waals surface area contributed by atoms with Crippen LogP contribution in [0.4, 0.5) is 0 Å². The van der Waals surface area contributed by atoms with Gasteiger partial charge in [0.25, 0.3) is 0 Å². The summed E-state index contributed by atoms with van der Waals surface area (Å²) in [5, 5.41) is 4.21. The number of carbonyl (C=O) groups excluding carboxylic acids is 1. The highest BCUT2D eigenvalue weighted by molar-refractivity contribution is 5.73. The lowest BCUT2D eigenvalue weighted by Crippen LogP contribution is -2.11. The molecular weight excluding hydrogens is 154 g/mol. The van der Waals surface area contributed by atoms with Crippen LogP contribution in [0.25, 0.3) is 0 Å². The molecule has 0 aliphatic carbocycles. The van der Waals surface area contributed by atoms with Crippen molar-refractivity contribution in [1.82, 2.24) is 9.78 Å². The van der Waals surface area contributed by atoms with Crippen LogP contribution >= 0.6 is 0 Å². The van der Waals surface area contributed by atoms with Crippen molar-refractivity contribution in [3.63, 3.8) is 0 Å². The quantitative estimate of drug-likeness (QED) is 0.702. The standard InChI is InChI=1S/C8H13N3O/c1-2-11-6-5-7(10-11)3-4-8(9)12/h5-6H,2-4H2,1H3,(H2,9,12). The minimum atomic E-state index is -0.277. The van der Waals surface area contributed by atoms with E-state index in [-0.39, 0.29) is 5.91 Å². The van der Waals surface area contributed by atoms with Crippen LogP contribution < -0.4 is 5.73 Å². The van der Waals surface area contributed by atoms with E-state index in [0.717, 1.165) is 12.2 Å². The van der Waals surface area contributed by atoms with Crippen LogP contribution in [-0.2, 0) is 17.8 Å². The zero-order valence-electron chi connectivity index (χ0n) is 7.16. The normalized spacial score (nSPS) is 10.1. The molecular formula is C8H13N3O. The second kappa shape index (κ2) is 3.90. The van der Waals surface area contributed by atoms with Gasteiger partial charge in [-0.3, -0.25) is 9.48 Å². The topological polar surface area (TPSA) is 60.9 Å². The molecule has 0 saturated heterocycles. The van der Waals surface area contributed by atoms with Gasteiger partial charge in [-0.1, -0.05) is 0 Å². The number of nitrogens with zero attached hydrogens (tertiary/aromatic N) is 2. The highest BCUT2D eigenvalue weighted by atomic mass is 16.1. The largest absolute Gasteiger partial charge is 0.370 e. The SMILES string of the molecule is CCn1ccc(CCC(N)=O)n1. The van der Waals surface area contributed by atoms with Crippen molar-refractivity contribution in [2.75, 3.05) is 0 Å². The number of rotatable bonds is 4. The lowest BCUT2D eigenvalue weighted by molar-refractivity contribution is -0.118. The van der Waals surface area contributed by atoms with Gasteiger partial charge in [0, 0.05) is 25.6 Å². The Kier molecular flexibility index (Phi) is 2.85. The summed E-state index contributed by atoms with van der Waals surface area (Å²) in [7, 11) is 0. The van der Waals surface area contributed by atoms with E-state index in [9.17, 15) is 4.79 Å². The molecule has 1 heterocycles. The molecule has 0 atom stereocenters. The van der Waals surface area contributed by atoms with Crippen molar-refractivity contribution >= 4 is 5.91 Å². The number of primary amides is 1. The van der Waals surface area contributed by atoms with Crippen LogP contribution in [0.2, 0.25) is 0 Å². The molecule has 0 aliphatic heterocycles. The Morgan fingerprint density at radius 3 is 3.00 bits per heavy atom. The number of aryl methyl sites for hydroxylation is 2. The molecule has 0 radical (unpaired) electrons. The van der Waals surface area contributed by atoms with Gasteiger partial charge in [-0.25, -0.2) is 0 Å². The summed E-state index contributed by atoms with van der Waals surface area (Å²) in [4.78, 5) is 10.4. The number of nitrogens with two attached hydrogens (primary N) is 1. The molecule has 66 valence electrons. The summed E-state index contributed by atoms with van der Waals surface area (Å²) in [5.41, 5.74) is 5.93. The van der Waals surface area contributed by atoms with Crippen LogP contribution in [0, 0.1) is 0 Å². The minimum absolute atomic E-state index is 0.277. The van der Waals surface area contributed by atoms with Gasteiger partial charge in [-0.05, 0) is 13.0 Å². The molecule has 0 bridgehead atoms. The smallest absolute Gasteiger partial charge is 0.217 e. The van der Waals surface area contributed by atoms with Crippen molar-refractivity contribution in [3.05, 3.63) is 18.0 Å². The van der Waals surface area contributed by atoms with Gasteiger partial charge in [0.15, 0.2) is 0 Å². The molecule has 0 fully saturated rings. The third-order valence-corrected chi connectivity index (χ3v) is 1.65. The molecule has 1 amide bonds. The van der Waals surface area contributed by atoms with E-state index in [2.05, 4.69) is 5.10 Å². The van der Waals surface area contributed by atoms with E-state index < -0.39 is 0 Å². The molecule has 0 saturated carbocycles. The van der Waals surface area contributed by atoms with Gasteiger partial charge in [0.1, 0.15) is 0 Å². The fourth-order valence-corrected chi connectivity index (χ4v) is 0.964. The average Bonchev–Trinajstić information content (AvgIpc) is 2.48. The second-order valence-electron chi connectivity index (χ2n) is 2.63. The number of amides is 1. The number of carbonyl (C=O) groups is 1. The molecule has 1 aromatic rings. The first kappa shape index (κ1) is 8.77. The molecule has 4 heteroatoms. The number of hydrogen-bond donors (Lipinski definition) is 1.